The van der Waals surface area contributed by atoms with Crippen LogP contribution in [0.2, 0.25) is 0 Å². The Balaban J connectivity index is 2.08. The molecule has 1 unspecified atom stereocenters. The number of nitrogens with one attached hydrogen (secondary N) is 2. The van der Waals surface area contributed by atoms with Gasteiger partial charge in [-0.3, -0.25) is 4.79 Å². The second-order valence-electron chi connectivity index (χ2n) is 6.08. The lowest BCUT2D eigenvalue weighted by atomic mass is 10.2. The number of hydrogen-bond acceptors (Lipinski definition) is 4. The van der Waals surface area contributed by atoms with E-state index in [1.54, 1.807) is 4.90 Å². The molecule has 1 fully saturated rings. The van der Waals surface area contributed by atoms with Crippen LogP contribution in [-0.2, 0) is 21.0 Å². The number of sulfonamides is 1. The largest absolute Gasteiger partial charge is 0.416 e. The third kappa shape index (κ3) is 5.18. The van der Waals surface area contributed by atoms with Gasteiger partial charge in [0.2, 0.25) is 15.9 Å². The van der Waals surface area contributed by atoms with E-state index < -0.39 is 39.1 Å². The maximum atomic E-state index is 12.8. The van der Waals surface area contributed by atoms with Crippen LogP contribution in [0.5, 0.6) is 0 Å². The van der Waals surface area contributed by atoms with E-state index in [-0.39, 0.29) is 6.04 Å². The summed E-state index contributed by atoms with van der Waals surface area (Å²) in [5.41, 5.74) is -1.06. The lowest BCUT2D eigenvalue weighted by molar-refractivity contribution is -0.137. The zero-order chi connectivity index (χ0) is 19.4. The molecule has 1 amide bonds. The molecule has 1 aliphatic heterocycles. The summed E-state index contributed by atoms with van der Waals surface area (Å²) >= 11 is 0. The van der Waals surface area contributed by atoms with Gasteiger partial charge in [-0.15, -0.1) is 0 Å². The molecule has 0 radical (unpaired) electrons. The van der Waals surface area contributed by atoms with Crippen molar-refractivity contribution in [2.75, 3.05) is 26.2 Å². The van der Waals surface area contributed by atoms with Crippen LogP contribution < -0.4 is 10.0 Å². The van der Waals surface area contributed by atoms with Crippen LogP contribution in [0.4, 0.5) is 13.2 Å². The number of benzene rings is 1. The monoisotopic (exact) mass is 393 g/mol. The maximum Gasteiger partial charge on any atom is 0.416 e. The van der Waals surface area contributed by atoms with Gasteiger partial charge in [-0.25, -0.2) is 13.1 Å². The normalized spacial score (nSPS) is 18.1. The zero-order valence-electron chi connectivity index (χ0n) is 14.3. The molecule has 1 aromatic carbocycles. The minimum Gasteiger partial charge on any atom is -0.337 e. The van der Waals surface area contributed by atoms with Crippen molar-refractivity contribution in [3.8, 4) is 0 Å². The van der Waals surface area contributed by atoms with Crippen LogP contribution in [-0.4, -0.2) is 51.4 Å². The molecule has 6 nitrogen and oxygen atoms in total. The second-order valence-corrected chi connectivity index (χ2v) is 7.85. The fourth-order valence-electron chi connectivity index (χ4n) is 2.84. The van der Waals surface area contributed by atoms with Crippen LogP contribution in [0, 0.1) is 0 Å². The Morgan fingerprint density at radius 2 is 2.12 bits per heavy atom. The van der Waals surface area contributed by atoms with E-state index in [9.17, 15) is 26.4 Å². The van der Waals surface area contributed by atoms with Crippen molar-refractivity contribution in [3.05, 3.63) is 29.8 Å². The van der Waals surface area contributed by atoms with E-state index in [4.69, 9.17) is 0 Å². The summed E-state index contributed by atoms with van der Waals surface area (Å²) in [6.07, 6.45) is -3.14. The minimum atomic E-state index is -4.64. The average Bonchev–Trinajstić information content (AvgIpc) is 3.11. The van der Waals surface area contributed by atoms with Crippen LogP contribution in [0.1, 0.15) is 25.3 Å². The van der Waals surface area contributed by atoms with Crippen molar-refractivity contribution >= 4 is 15.9 Å². The van der Waals surface area contributed by atoms with E-state index in [2.05, 4.69) is 10.0 Å². The number of nitrogens with zero attached hydrogens (tertiary/aromatic N) is 1. The van der Waals surface area contributed by atoms with Gasteiger partial charge in [-0.1, -0.05) is 13.0 Å². The zero-order valence-corrected chi connectivity index (χ0v) is 15.2. The van der Waals surface area contributed by atoms with Gasteiger partial charge in [-0.05, 0) is 37.6 Å². The lowest BCUT2D eigenvalue weighted by Gasteiger charge is -2.28. The molecule has 0 spiro atoms. The van der Waals surface area contributed by atoms with Gasteiger partial charge < -0.3 is 10.2 Å². The second kappa shape index (κ2) is 8.36. The summed E-state index contributed by atoms with van der Waals surface area (Å²) in [5.74, 6) is -0.392. The smallest absolute Gasteiger partial charge is 0.337 e. The highest BCUT2D eigenvalue weighted by atomic mass is 32.2. The van der Waals surface area contributed by atoms with Crippen molar-refractivity contribution in [1.82, 2.24) is 14.9 Å². The van der Waals surface area contributed by atoms with Gasteiger partial charge in [0.1, 0.15) is 0 Å². The molecule has 146 valence electrons. The number of amides is 1. The van der Waals surface area contributed by atoms with Gasteiger partial charge in [0.05, 0.1) is 17.0 Å². The Bertz CT molecular complexity index is 732. The molecule has 0 aliphatic carbocycles. The molecule has 0 aromatic heterocycles. The van der Waals surface area contributed by atoms with E-state index >= 15 is 0 Å². The number of carbonyl (C=O) groups excluding carboxylic acids is 1. The van der Waals surface area contributed by atoms with Crippen molar-refractivity contribution < 1.29 is 26.4 Å². The highest BCUT2D eigenvalue weighted by Gasteiger charge is 2.32. The quantitative estimate of drug-likeness (QED) is 0.737. The predicted octanol–water partition coefficient (Wildman–Crippen LogP) is 1.58. The highest BCUT2D eigenvalue weighted by molar-refractivity contribution is 7.89. The van der Waals surface area contributed by atoms with Crippen molar-refractivity contribution in [2.24, 2.45) is 0 Å². The van der Waals surface area contributed by atoms with Crippen LogP contribution in [0.15, 0.2) is 29.2 Å². The first kappa shape index (κ1) is 20.7. The molecule has 1 saturated heterocycles. The third-order valence-electron chi connectivity index (χ3n) is 4.15. The summed E-state index contributed by atoms with van der Waals surface area (Å²) in [6, 6.07) is 3.43. The first-order chi connectivity index (χ1) is 12.1. The molecular formula is C16H22F3N3O3S. The summed E-state index contributed by atoms with van der Waals surface area (Å²) in [7, 11) is -4.22. The van der Waals surface area contributed by atoms with Crippen LogP contribution in [0.25, 0.3) is 0 Å². The molecule has 1 heterocycles. The number of hydrogen-bond donors (Lipinski definition) is 2. The number of rotatable bonds is 7. The van der Waals surface area contributed by atoms with E-state index in [0.29, 0.717) is 19.2 Å². The fraction of sp³-hybridized carbons (Fsp3) is 0.562. The van der Waals surface area contributed by atoms with Crippen molar-refractivity contribution in [2.45, 2.75) is 36.9 Å². The molecule has 2 rings (SSSR count). The maximum absolute atomic E-state index is 12.8. The van der Waals surface area contributed by atoms with Crippen LogP contribution in [0.3, 0.4) is 0 Å². The van der Waals surface area contributed by atoms with Gasteiger partial charge in [-0.2, -0.15) is 13.2 Å². The molecule has 0 bridgehead atoms. The molecule has 1 atom stereocenters. The minimum absolute atomic E-state index is 0.000474. The summed E-state index contributed by atoms with van der Waals surface area (Å²) in [4.78, 5) is 13.5. The first-order valence-corrected chi connectivity index (χ1v) is 9.80. The number of alkyl halides is 3. The Labute approximate surface area is 150 Å². The van der Waals surface area contributed by atoms with E-state index in [1.807, 2.05) is 6.92 Å². The van der Waals surface area contributed by atoms with Gasteiger partial charge >= 0.3 is 6.18 Å². The SMILES string of the molecule is CCCN(C(=O)CNS(=O)(=O)c1cccc(C(F)(F)F)c1)C1CCNC1. The Kier molecular flexibility index (Phi) is 6.64. The topological polar surface area (TPSA) is 78.5 Å². The molecule has 0 saturated carbocycles. The summed E-state index contributed by atoms with van der Waals surface area (Å²) in [5, 5.41) is 3.15. The first-order valence-electron chi connectivity index (χ1n) is 8.32. The lowest BCUT2D eigenvalue weighted by Crippen LogP contribution is -2.46. The van der Waals surface area contributed by atoms with Crippen molar-refractivity contribution in [1.29, 1.82) is 0 Å². The van der Waals surface area contributed by atoms with Gasteiger partial charge in [0, 0.05) is 19.1 Å². The summed E-state index contributed by atoms with van der Waals surface area (Å²) < 4.78 is 64.9. The molecular weight excluding hydrogens is 371 g/mol. The molecule has 1 aromatic rings. The molecule has 2 N–H and O–H groups in total. The standard InChI is InChI=1S/C16H22F3N3O3S/c1-2-8-22(13-6-7-20-10-13)15(23)11-21-26(24,25)14-5-3-4-12(9-14)16(17,18)19/h3-5,9,13,20-21H,2,6-8,10-11H2,1H3. The molecule has 10 heteroatoms. The van der Waals surface area contributed by atoms with Crippen molar-refractivity contribution in [3.63, 3.8) is 0 Å². The van der Waals surface area contributed by atoms with E-state index in [1.165, 1.54) is 0 Å². The Morgan fingerprint density at radius 1 is 1.38 bits per heavy atom. The fourth-order valence-corrected chi connectivity index (χ4v) is 3.86. The molecule has 26 heavy (non-hydrogen) atoms. The summed E-state index contributed by atoms with van der Waals surface area (Å²) in [6.45, 7) is 3.35. The van der Waals surface area contributed by atoms with Gasteiger partial charge in [0.25, 0.3) is 0 Å². The molecule has 1 aliphatic rings. The van der Waals surface area contributed by atoms with Gasteiger partial charge in [0.15, 0.2) is 0 Å². The Morgan fingerprint density at radius 3 is 2.69 bits per heavy atom. The van der Waals surface area contributed by atoms with E-state index in [0.717, 1.165) is 37.6 Å². The number of carbonyl (C=O) groups is 1. The third-order valence-corrected chi connectivity index (χ3v) is 5.54. The Hall–Kier alpha value is -1.65. The highest BCUT2D eigenvalue weighted by Crippen LogP contribution is 2.30. The predicted molar refractivity (Wildman–Crippen MR) is 89.9 cm³/mol. The average molecular weight is 393 g/mol. The number of halogens is 3. The van der Waals surface area contributed by atoms with Crippen LogP contribution >= 0.6 is 0 Å².